The molecule has 0 unspecified atom stereocenters. The zero-order chi connectivity index (χ0) is 25.8. The Morgan fingerprint density at radius 2 is 2.00 bits per heavy atom. The number of carbonyl (C=O) groups is 1. The predicted octanol–water partition coefficient (Wildman–Crippen LogP) is 5.99. The number of hydrogen-bond donors (Lipinski definition) is 2. The van der Waals surface area contributed by atoms with E-state index >= 15 is 0 Å². The first-order valence-electron chi connectivity index (χ1n) is 13.3. The molecule has 1 aromatic heterocycles. The number of aromatic nitrogens is 1. The lowest BCUT2D eigenvalue weighted by molar-refractivity contribution is -0.0395. The van der Waals surface area contributed by atoms with Crippen LogP contribution in [0.25, 0.3) is 10.9 Å². The van der Waals surface area contributed by atoms with Crippen molar-refractivity contribution in [2.75, 3.05) is 25.5 Å². The Morgan fingerprint density at radius 1 is 1.24 bits per heavy atom. The molecule has 1 aliphatic heterocycles. The first-order valence-corrected chi connectivity index (χ1v) is 11.8. The zero-order valence-electron chi connectivity index (χ0n) is 22.7. The molecule has 2 aliphatic rings. The smallest absolute Gasteiger partial charge is 0.335 e. The van der Waals surface area contributed by atoms with Gasteiger partial charge in [-0.25, -0.2) is 4.79 Å². The number of nitrogens with one attached hydrogen (secondary N) is 1. The summed E-state index contributed by atoms with van der Waals surface area (Å²) in [6.45, 7) is 1.90. The minimum atomic E-state index is -1.89. The largest absolute Gasteiger partial charge is 0.478 e. The van der Waals surface area contributed by atoms with Crippen molar-refractivity contribution in [3.05, 3.63) is 64.8 Å². The SMILES string of the molecule is [2H]C([2H])([2H])C1CC2(CCN(Cc3c(N(C)C)cc(C)c4[nH]ccc34)[C@H](c3ccc(C(=O)O)cc3)C2)C1. The molecular weight excluding hydrogens is 410 g/mol. The Hall–Kier alpha value is -2.79. The highest BCUT2D eigenvalue weighted by Gasteiger charge is 2.47. The summed E-state index contributed by atoms with van der Waals surface area (Å²) in [6, 6.07) is 11.7. The second-order valence-electron chi connectivity index (χ2n) is 10.3. The second-order valence-corrected chi connectivity index (χ2v) is 10.3. The van der Waals surface area contributed by atoms with Crippen molar-refractivity contribution in [2.45, 2.75) is 52.0 Å². The minimum absolute atomic E-state index is 0.0484. The summed E-state index contributed by atoms with van der Waals surface area (Å²) < 4.78 is 23.6. The molecule has 5 nitrogen and oxygen atoms in total. The molecule has 33 heavy (non-hydrogen) atoms. The lowest BCUT2D eigenvalue weighted by Gasteiger charge is -2.54. The molecule has 0 radical (unpaired) electrons. The van der Waals surface area contributed by atoms with Gasteiger partial charge < -0.3 is 15.0 Å². The fourth-order valence-corrected chi connectivity index (χ4v) is 6.12. The average Bonchev–Trinajstić information content (AvgIpc) is 3.29. The van der Waals surface area contributed by atoms with E-state index in [9.17, 15) is 9.90 Å². The van der Waals surface area contributed by atoms with Crippen LogP contribution in [-0.4, -0.2) is 41.6 Å². The van der Waals surface area contributed by atoms with Gasteiger partial charge in [-0.1, -0.05) is 19.0 Å². The van der Waals surface area contributed by atoms with Crippen molar-refractivity contribution in [3.63, 3.8) is 0 Å². The number of nitrogens with zero attached hydrogens (tertiary/aromatic N) is 2. The number of hydrogen-bond acceptors (Lipinski definition) is 3. The van der Waals surface area contributed by atoms with Gasteiger partial charge in [-0.2, -0.15) is 0 Å². The molecule has 1 atom stereocenters. The number of benzene rings is 2. The topological polar surface area (TPSA) is 59.6 Å². The Balaban J connectivity index is 1.50. The highest BCUT2D eigenvalue weighted by atomic mass is 16.4. The maximum Gasteiger partial charge on any atom is 0.335 e. The van der Waals surface area contributed by atoms with E-state index < -0.39 is 12.8 Å². The Bertz CT molecular complexity index is 1270. The van der Waals surface area contributed by atoms with Gasteiger partial charge in [0.05, 0.1) is 5.56 Å². The van der Waals surface area contributed by atoms with Crippen LogP contribution in [0.5, 0.6) is 0 Å². The number of H-pyrrole nitrogens is 1. The Labute approximate surface area is 200 Å². The van der Waals surface area contributed by atoms with Crippen LogP contribution in [0, 0.1) is 18.3 Å². The summed E-state index contributed by atoms with van der Waals surface area (Å²) in [5.41, 5.74) is 6.28. The van der Waals surface area contributed by atoms with Crippen molar-refractivity contribution in [3.8, 4) is 0 Å². The van der Waals surface area contributed by atoms with Crippen molar-refractivity contribution >= 4 is 22.6 Å². The van der Waals surface area contributed by atoms with E-state index in [4.69, 9.17) is 4.11 Å². The van der Waals surface area contributed by atoms with E-state index in [2.05, 4.69) is 47.9 Å². The van der Waals surface area contributed by atoms with Crippen LogP contribution in [0.15, 0.2) is 42.6 Å². The number of aromatic carboxylic acids is 1. The third kappa shape index (κ3) is 3.93. The van der Waals surface area contributed by atoms with Gasteiger partial charge in [0.2, 0.25) is 0 Å². The van der Waals surface area contributed by atoms with Crippen LogP contribution in [0.2, 0.25) is 0 Å². The number of fused-ring (bicyclic) bond motifs is 1. The highest BCUT2D eigenvalue weighted by molar-refractivity contribution is 5.91. The molecule has 2 aromatic carbocycles. The van der Waals surface area contributed by atoms with Crippen LogP contribution in [-0.2, 0) is 6.54 Å². The van der Waals surface area contributed by atoms with Gasteiger partial charge in [0, 0.05) is 53.6 Å². The number of aromatic amines is 1. The first-order chi connectivity index (χ1) is 17.0. The number of carboxylic acids is 1. The molecule has 0 amide bonds. The number of likely N-dealkylation sites (tertiary alicyclic amines) is 1. The maximum absolute atomic E-state index is 11.4. The van der Waals surface area contributed by atoms with Crippen molar-refractivity contribution in [2.24, 2.45) is 11.3 Å². The molecule has 2 heterocycles. The summed E-state index contributed by atoms with van der Waals surface area (Å²) >= 11 is 0. The van der Waals surface area contributed by atoms with Gasteiger partial charge in [-0.05, 0) is 91.4 Å². The van der Waals surface area contributed by atoms with Crippen molar-refractivity contribution in [1.82, 2.24) is 9.88 Å². The number of piperidine rings is 1. The average molecular weight is 449 g/mol. The summed E-state index contributed by atoms with van der Waals surface area (Å²) in [5, 5.41) is 10.6. The molecule has 5 rings (SSSR count). The van der Waals surface area contributed by atoms with E-state index in [0.717, 1.165) is 49.9 Å². The van der Waals surface area contributed by atoms with Crippen LogP contribution in [0.4, 0.5) is 5.69 Å². The number of anilines is 1. The van der Waals surface area contributed by atoms with E-state index in [0.29, 0.717) is 0 Å². The molecule has 2 fully saturated rings. The summed E-state index contributed by atoms with van der Waals surface area (Å²) in [5.74, 6) is -1.14. The maximum atomic E-state index is 11.4. The summed E-state index contributed by atoms with van der Waals surface area (Å²) in [7, 11) is 4.15. The monoisotopic (exact) mass is 448 g/mol. The van der Waals surface area contributed by atoms with E-state index in [1.165, 1.54) is 22.2 Å². The van der Waals surface area contributed by atoms with Gasteiger partial charge in [0.15, 0.2) is 0 Å². The molecule has 174 valence electrons. The third-order valence-electron chi connectivity index (χ3n) is 7.87. The first kappa shape index (κ1) is 18.6. The normalized spacial score (nSPS) is 27.1. The fraction of sp³-hybridized carbons (Fsp3) is 0.464. The van der Waals surface area contributed by atoms with Crippen LogP contribution < -0.4 is 4.90 Å². The predicted molar refractivity (Wildman–Crippen MR) is 134 cm³/mol. The molecule has 2 N–H and O–H groups in total. The van der Waals surface area contributed by atoms with Crippen LogP contribution >= 0.6 is 0 Å². The molecule has 1 aliphatic carbocycles. The van der Waals surface area contributed by atoms with E-state index in [1.54, 1.807) is 12.1 Å². The zero-order valence-corrected chi connectivity index (χ0v) is 19.7. The highest BCUT2D eigenvalue weighted by Crippen LogP contribution is 2.56. The van der Waals surface area contributed by atoms with Gasteiger partial charge in [-0.15, -0.1) is 0 Å². The molecule has 3 aromatic rings. The molecule has 1 spiro atoms. The standard InChI is InChI=1S/C28H35N3O2/c1-18-14-28(15-18)10-12-31(25(16-28)20-5-7-21(8-6-20)27(32)33)17-23-22-9-11-29-26(22)19(2)13-24(23)30(3)4/h5-9,11,13,18,25,29H,10,12,14-17H2,1-4H3,(H,32,33)/t18?,25-,28?/m0/s1/i1D3. The lowest BCUT2D eigenvalue weighted by atomic mass is 9.56. The fourth-order valence-electron chi connectivity index (χ4n) is 6.12. The molecule has 1 saturated heterocycles. The van der Waals surface area contributed by atoms with Gasteiger partial charge >= 0.3 is 5.97 Å². The Kier molecular flexibility index (Phi) is 4.63. The van der Waals surface area contributed by atoms with Gasteiger partial charge in [0.1, 0.15) is 0 Å². The number of aryl methyl sites for hydroxylation is 1. The molecule has 1 saturated carbocycles. The quantitative estimate of drug-likeness (QED) is 0.503. The van der Waals surface area contributed by atoms with E-state index in [-0.39, 0.29) is 22.9 Å². The van der Waals surface area contributed by atoms with Crippen molar-refractivity contribution in [1.29, 1.82) is 0 Å². The molecule has 0 bridgehead atoms. The van der Waals surface area contributed by atoms with Gasteiger partial charge in [-0.3, -0.25) is 4.90 Å². The summed E-state index contributed by atoms with van der Waals surface area (Å²) in [4.78, 5) is 19.5. The number of carboxylic acid groups (broad SMARTS) is 1. The molecular formula is C28H35N3O2. The third-order valence-corrected chi connectivity index (χ3v) is 7.87. The molecule has 5 heteroatoms. The second kappa shape index (κ2) is 8.21. The van der Waals surface area contributed by atoms with E-state index in [1.807, 2.05) is 18.3 Å². The van der Waals surface area contributed by atoms with Crippen LogP contribution in [0.3, 0.4) is 0 Å². The summed E-state index contributed by atoms with van der Waals surface area (Å²) in [6.07, 6.45) is 5.37. The number of rotatable bonds is 5. The lowest BCUT2D eigenvalue weighted by Crippen LogP contribution is -2.47. The van der Waals surface area contributed by atoms with Gasteiger partial charge in [0.25, 0.3) is 0 Å². The van der Waals surface area contributed by atoms with Crippen LogP contribution in [0.1, 0.15) is 69.7 Å². The van der Waals surface area contributed by atoms with Crippen molar-refractivity contribution < 1.29 is 14.0 Å². The minimum Gasteiger partial charge on any atom is -0.478 e. The Morgan fingerprint density at radius 3 is 2.67 bits per heavy atom.